The molecular formula is C13H15NO4S. The lowest BCUT2D eigenvalue weighted by Crippen LogP contribution is -2.07. The van der Waals surface area contributed by atoms with Crippen molar-refractivity contribution in [3.05, 3.63) is 34.7 Å². The van der Waals surface area contributed by atoms with E-state index in [-0.39, 0.29) is 11.0 Å². The number of carbonyl (C=O) groups excluding carboxylic acids is 1. The van der Waals surface area contributed by atoms with Gasteiger partial charge in [0.1, 0.15) is 5.75 Å². The molecule has 0 bridgehead atoms. The molecule has 0 aliphatic carbocycles. The first kappa shape index (κ1) is 15.1. The Bertz CT molecular complexity index is 488. The number of hydrogen-bond acceptors (Lipinski definition) is 5. The normalized spacial score (nSPS) is 10.6. The molecule has 1 rings (SSSR count). The molecule has 5 nitrogen and oxygen atoms in total. The summed E-state index contributed by atoms with van der Waals surface area (Å²) in [5.74, 6) is 0.195. The van der Waals surface area contributed by atoms with Gasteiger partial charge in [-0.25, -0.2) is 0 Å². The summed E-state index contributed by atoms with van der Waals surface area (Å²) >= 11 is 4.10. The van der Waals surface area contributed by atoms with Crippen molar-refractivity contribution in [2.24, 2.45) is 4.99 Å². The molecule has 0 atom stereocenters. The van der Waals surface area contributed by atoms with Gasteiger partial charge in [-0.2, -0.15) is 0 Å². The predicted octanol–water partition coefficient (Wildman–Crippen LogP) is 2.14. The number of benzene rings is 1. The van der Waals surface area contributed by atoms with Gasteiger partial charge in [-0.1, -0.05) is 12.1 Å². The van der Waals surface area contributed by atoms with Gasteiger partial charge < -0.3 is 14.2 Å². The van der Waals surface area contributed by atoms with Crippen LogP contribution in [0.15, 0.2) is 34.2 Å². The second kappa shape index (κ2) is 7.48. The maximum absolute atomic E-state index is 11.7. The Morgan fingerprint density at radius 3 is 2.21 bits per heavy atom. The summed E-state index contributed by atoms with van der Waals surface area (Å²) in [7, 11) is 4.31. The Labute approximate surface area is 117 Å². The lowest BCUT2D eigenvalue weighted by atomic mass is 10.2. The van der Waals surface area contributed by atoms with Crippen LogP contribution in [0.4, 0.5) is 0 Å². The third-order valence-electron chi connectivity index (χ3n) is 2.18. The van der Waals surface area contributed by atoms with E-state index in [9.17, 15) is 4.79 Å². The highest BCUT2D eigenvalue weighted by Gasteiger charge is 2.07. The third-order valence-corrected chi connectivity index (χ3v) is 2.50. The molecule has 19 heavy (non-hydrogen) atoms. The lowest BCUT2D eigenvalue weighted by Gasteiger charge is -2.02. The fraction of sp³-hybridized carbons (Fsp3) is 0.231. The molecule has 0 radical (unpaired) electrons. The quantitative estimate of drug-likeness (QED) is 0.399. The molecule has 0 aliphatic heterocycles. The molecule has 0 fully saturated rings. The molecular weight excluding hydrogens is 266 g/mol. The van der Waals surface area contributed by atoms with E-state index in [2.05, 4.69) is 17.6 Å². The van der Waals surface area contributed by atoms with Gasteiger partial charge in [-0.05, 0) is 23.8 Å². The monoisotopic (exact) mass is 281 g/mol. The number of ether oxygens (including phenoxy) is 3. The Morgan fingerprint density at radius 2 is 1.74 bits per heavy atom. The van der Waals surface area contributed by atoms with Gasteiger partial charge in [0.25, 0.3) is 5.91 Å². The zero-order valence-corrected chi connectivity index (χ0v) is 11.8. The van der Waals surface area contributed by atoms with E-state index in [1.54, 1.807) is 37.5 Å². The zero-order valence-electron chi connectivity index (χ0n) is 10.9. The minimum Gasteiger partial charge on any atom is -0.497 e. The second-order valence-electron chi connectivity index (χ2n) is 3.39. The van der Waals surface area contributed by atoms with Crippen molar-refractivity contribution in [3.63, 3.8) is 0 Å². The number of thiol groups is 1. The molecule has 0 unspecified atom stereocenters. The molecule has 0 spiro atoms. The fourth-order valence-corrected chi connectivity index (χ4v) is 1.43. The van der Waals surface area contributed by atoms with Crippen LogP contribution in [0.5, 0.6) is 5.75 Å². The van der Waals surface area contributed by atoms with Crippen LogP contribution < -0.4 is 4.74 Å². The molecule has 0 saturated carbocycles. The molecule has 0 aromatic heterocycles. The van der Waals surface area contributed by atoms with Gasteiger partial charge in [-0.15, -0.1) is 17.6 Å². The van der Waals surface area contributed by atoms with E-state index < -0.39 is 5.91 Å². The molecule has 0 saturated heterocycles. The largest absolute Gasteiger partial charge is 0.497 e. The summed E-state index contributed by atoms with van der Waals surface area (Å²) in [5, 5.41) is 0. The van der Waals surface area contributed by atoms with E-state index >= 15 is 0 Å². The van der Waals surface area contributed by atoms with E-state index in [4.69, 9.17) is 14.2 Å². The zero-order chi connectivity index (χ0) is 14.3. The molecule has 0 heterocycles. The summed E-state index contributed by atoms with van der Waals surface area (Å²) in [6, 6.07) is 7.19. The van der Waals surface area contributed by atoms with Crippen molar-refractivity contribution in [2.45, 2.75) is 0 Å². The minimum atomic E-state index is -0.544. The van der Waals surface area contributed by atoms with Crippen LogP contribution >= 0.6 is 12.6 Å². The fourth-order valence-electron chi connectivity index (χ4n) is 1.23. The summed E-state index contributed by atoms with van der Waals surface area (Å²) in [5.41, 5.74) is 0.811. The highest BCUT2D eigenvalue weighted by Crippen LogP contribution is 2.16. The first-order valence-electron chi connectivity index (χ1n) is 5.36. The predicted molar refractivity (Wildman–Crippen MR) is 76.4 cm³/mol. The number of aliphatic imine (C=N–C) groups is 1. The van der Waals surface area contributed by atoms with Crippen molar-refractivity contribution in [1.82, 2.24) is 0 Å². The third kappa shape index (κ3) is 4.67. The SMILES string of the molecule is COC(=NC(=O)/C(S)=C/c1ccc(OC)cc1)OC. The Hall–Kier alpha value is -1.95. The Morgan fingerprint density at radius 1 is 1.16 bits per heavy atom. The average molecular weight is 281 g/mol. The minimum absolute atomic E-state index is 0.111. The van der Waals surface area contributed by atoms with Gasteiger partial charge in [0.2, 0.25) is 0 Å². The average Bonchev–Trinajstić information content (AvgIpc) is 2.45. The smallest absolute Gasteiger partial charge is 0.391 e. The van der Waals surface area contributed by atoms with Crippen molar-refractivity contribution in [1.29, 1.82) is 0 Å². The maximum Gasteiger partial charge on any atom is 0.391 e. The van der Waals surface area contributed by atoms with Gasteiger partial charge in [-0.3, -0.25) is 4.79 Å². The Balaban J connectivity index is 2.85. The van der Waals surface area contributed by atoms with E-state index in [0.29, 0.717) is 0 Å². The van der Waals surface area contributed by atoms with Gasteiger partial charge in [0.15, 0.2) is 0 Å². The maximum atomic E-state index is 11.7. The highest BCUT2D eigenvalue weighted by atomic mass is 32.1. The summed E-state index contributed by atoms with van der Waals surface area (Å²) < 4.78 is 14.5. The number of methoxy groups -OCH3 is 3. The molecule has 102 valence electrons. The van der Waals surface area contributed by atoms with Gasteiger partial charge in [0.05, 0.1) is 26.2 Å². The van der Waals surface area contributed by atoms with Crippen LogP contribution in [-0.2, 0) is 14.3 Å². The van der Waals surface area contributed by atoms with E-state index in [1.165, 1.54) is 14.2 Å². The first-order valence-corrected chi connectivity index (χ1v) is 5.81. The molecule has 0 N–H and O–H groups in total. The van der Waals surface area contributed by atoms with Crippen LogP contribution in [-0.4, -0.2) is 33.3 Å². The van der Waals surface area contributed by atoms with E-state index in [0.717, 1.165) is 11.3 Å². The van der Waals surface area contributed by atoms with E-state index in [1.807, 2.05) is 0 Å². The number of amides is 1. The number of hydrogen-bond donors (Lipinski definition) is 1. The summed E-state index contributed by atoms with van der Waals surface area (Å²) in [6.07, 6.45) is 1.48. The molecule has 1 aromatic rings. The van der Waals surface area contributed by atoms with Gasteiger partial charge >= 0.3 is 6.08 Å². The summed E-state index contributed by atoms with van der Waals surface area (Å²) in [6.45, 7) is 0. The van der Waals surface area contributed by atoms with Crippen LogP contribution in [0.25, 0.3) is 6.08 Å². The standard InChI is InChI=1S/C13H15NO4S/c1-16-10-6-4-9(5-7-10)8-11(19)12(15)14-13(17-2)18-3/h4-8,19H,1-3H3/b11-8-. The van der Waals surface area contributed by atoms with Crippen LogP contribution in [0, 0.1) is 0 Å². The molecule has 0 aliphatic rings. The van der Waals surface area contributed by atoms with Crippen LogP contribution in [0.2, 0.25) is 0 Å². The number of rotatable bonds is 3. The van der Waals surface area contributed by atoms with Crippen molar-refractivity contribution < 1.29 is 19.0 Å². The molecule has 1 aromatic carbocycles. The highest BCUT2D eigenvalue weighted by molar-refractivity contribution is 7.85. The van der Waals surface area contributed by atoms with Crippen molar-refractivity contribution in [2.75, 3.05) is 21.3 Å². The van der Waals surface area contributed by atoms with Crippen molar-refractivity contribution in [3.8, 4) is 5.75 Å². The summed E-state index contributed by atoms with van der Waals surface area (Å²) in [4.78, 5) is 15.5. The number of nitrogens with zero attached hydrogens (tertiary/aromatic N) is 1. The topological polar surface area (TPSA) is 57.1 Å². The number of carbonyl (C=O) groups is 1. The molecule has 1 amide bonds. The van der Waals surface area contributed by atoms with Gasteiger partial charge in [0, 0.05) is 0 Å². The van der Waals surface area contributed by atoms with Crippen LogP contribution in [0.1, 0.15) is 5.56 Å². The molecule has 6 heteroatoms. The van der Waals surface area contributed by atoms with Crippen molar-refractivity contribution >= 4 is 30.7 Å². The Kier molecular flexibility index (Phi) is 5.95. The van der Waals surface area contributed by atoms with Crippen LogP contribution in [0.3, 0.4) is 0 Å². The lowest BCUT2D eigenvalue weighted by molar-refractivity contribution is -0.113. The first-order chi connectivity index (χ1) is 9.10. The second-order valence-corrected chi connectivity index (χ2v) is 3.88.